The van der Waals surface area contributed by atoms with Crippen molar-refractivity contribution in [2.75, 3.05) is 21.3 Å². The van der Waals surface area contributed by atoms with E-state index in [1.807, 2.05) is 0 Å². The van der Waals surface area contributed by atoms with E-state index in [1.165, 1.54) is 6.92 Å². The summed E-state index contributed by atoms with van der Waals surface area (Å²) in [4.78, 5) is 0. The van der Waals surface area contributed by atoms with E-state index in [0.29, 0.717) is 0 Å². The Bertz CT molecular complexity index is 83.9. The second-order valence-corrected chi connectivity index (χ2v) is 3.21. The summed E-state index contributed by atoms with van der Waals surface area (Å²) < 4.78 is 14.2. The van der Waals surface area contributed by atoms with Crippen LogP contribution in [-0.4, -0.2) is 30.9 Å². The van der Waals surface area contributed by atoms with Gasteiger partial charge >= 0.3 is 9.53 Å². The van der Waals surface area contributed by atoms with E-state index in [-0.39, 0.29) is 0 Å². The molecule has 0 aliphatic rings. The highest BCUT2D eigenvalue weighted by Gasteiger charge is 2.04. The van der Waals surface area contributed by atoms with E-state index < -0.39 is 9.53 Å². The fraction of sp³-hybridized carbons (Fsp3) is 0.800. The van der Waals surface area contributed by atoms with Gasteiger partial charge in [-0.3, -0.25) is 0 Å². The van der Waals surface area contributed by atoms with Gasteiger partial charge in [-0.15, -0.1) is 0 Å². The van der Waals surface area contributed by atoms with Gasteiger partial charge in [0.15, 0.2) is 0 Å². The van der Waals surface area contributed by atoms with E-state index in [0.717, 1.165) is 0 Å². The summed E-state index contributed by atoms with van der Waals surface area (Å²) in [6.45, 7) is 1.43. The monoisotopic (exact) mass is 163 g/mol. The van der Waals surface area contributed by atoms with Gasteiger partial charge in [-0.2, -0.15) is 5.26 Å². The van der Waals surface area contributed by atoms with E-state index >= 15 is 0 Å². The normalized spacial score (nSPS) is 8.00. The van der Waals surface area contributed by atoms with E-state index in [4.69, 9.17) is 18.5 Å². The Hall–Kier alpha value is -0.413. The van der Waals surface area contributed by atoms with Gasteiger partial charge in [0, 0.05) is 28.3 Å². The van der Waals surface area contributed by atoms with Gasteiger partial charge in [0.05, 0.1) is 6.07 Å². The molecule has 0 bridgehead atoms. The van der Waals surface area contributed by atoms with Crippen LogP contribution in [0.25, 0.3) is 0 Å². The third kappa shape index (κ3) is 10.5. The second kappa shape index (κ2) is 11.4. The Kier molecular flexibility index (Phi) is 14.0. The fourth-order valence-electron chi connectivity index (χ4n) is 0.289. The smallest absolute Gasteiger partial charge is 0.379 e. The molecule has 0 amide bonds. The molecule has 0 aromatic carbocycles. The molecule has 0 atom stereocenters. The van der Waals surface area contributed by atoms with Gasteiger partial charge in [0.2, 0.25) is 0 Å². The quantitative estimate of drug-likeness (QED) is 0.557. The van der Waals surface area contributed by atoms with E-state index in [2.05, 4.69) is 0 Å². The third-order valence-electron chi connectivity index (χ3n) is 0.577. The molecule has 0 spiro atoms. The molecular formula is C5H13NO3Si. The predicted octanol–water partition coefficient (Wildman–Crippen LogP) is 0.173. The maximum atomic E-state index is 7.32. The largest absolute Gasteiger partial charge is 0.483 e. The van der Waals surface area contributed by atoms with Crippen LogP contribution in [-0.2, 0) is 13.3 Å². The number of hydrogen-bond donors (Lipinski definition) is 0. The molecule has 0 fully saturated rings. The van der Waals surface area contributed by atoms with Crippen LogP contribution in [0.5, 0.6) is 0 Å². The summed E-state index contributed by atoms with van der Waals surface area (Å²) in [7, 11) is 3.05. The topological polar surface area (TPSA) is 51.5 Å². The third-order valence-corrected chi connectivity index (χ3v) is 1.73. The number of rotatable bonds is 3. The molecular weight excluding hydrogens is 150 g/mol. The number of nitriles is 1. The molecule has 0 radical (unpaired) electrons. The van der Waals surface area contributed by atoms with Crippen molar-refractivity contribution in [1.29, 1.82) is 5.26 Å². The van der Waals surface area contributed by atoms with Crippen LogP contribution in [0, 0.1) is 11.3 Å². The van der Waals surface area contributed by atoms with Gasteiger partial charge in [-0.05, 0) is 0 Å². The predicted molar refractivity (Wildman–Crippen MR) is 39.5 cm³/mol. The molecule has 4 nitrogen and oxygen atoms in total. The van der Waals surface area contributed by atoms with Gasteiger partial charge < -0.3 is 13.3 Å². The zero-order valence-corrected chi connectivity index (χ0v) is 7.90. The van der Waals surface area contributed by atoms with Crippen LogP contribution in [0.1, 0.15) is 6.92 Å². The first-order valence-electron chi connectivity index (χ1n) is 2.66. The van der Waals surface area contributed by atoms with Crippen molar-refractivity contribution in [3.8, 4) is 6.07 Å². The lowest BCUT2D eigenvalue weighted by molar-refractivity contribution is 0.163. The van der Waals surface area contributed by atoms with Crippen molar-refractivity contribution < 1.29 is 13.3 Å². The molecule has 0 aromatic heterocycles. The maximum Gasteiger partial charge on any atom is 0.483 e. The molecule has 60 valence electrons. The zero-order chi connectivity index (χ0) is 8.41. The molecule has 0 aliphatic heterocycles. The summed E-state index contributed by atoms with van der Waals surface area (Å²) in [5.74, 6) is 0. The van der Waals surface area contributed by atoms with Gasteiger partial charge in [-0.25, -0.2) is 0 Å². The Balaban J connectivity index is 0. The first-order chi connectivity index (χ1) is 4.76. The minimum Gasteiger partial charge on any atom is -0.379 e. The van der Waals surface area contributed by atoms with Gasteiger partial charge in [0.25, 0.3) is 0 Å². The van der Waals surface area contributed by atoms with Crippen LogP contribution in [0.2, 0.25) is 0 Å². The van der Waals surface area contributed by atoms with Crippen molar-refractivity contribution in [2.24, 2.45) is 0 Å². The SMILES string of the molecule is CC#N.CO[SiH](OC)OC. The molecule has 0 saturated heterocycles. The summed E-state index contributed by atoms with van der Waals surface area (Å²) in [6.07, 6.45) is 0. The molecule has 0 aromatic rings. The van der Waals surface area contributed by atoms with Crippen molar-refractivity contribution in [3.05, 3.63) is 0 Å². The highest BCUT2D eigenvalue weighted by Crippen LogP contribution is 1.81. The van der Waals surface area contributed by atoms with Crippen LogP contribution >= 0.6 is 0 Å². The minimum absolute atomic E-state index is 1.43. The van der Waals surface area contributed by atoms with Crippen LogP contribution in [0.3, 0.4) is 0 Å². The summed E-state index contributed by atoms with van der Waals surface area (Å²) in [5.41, 5.74) is 0. The zero-order valence-electron chi connectivity index (χ0n) is 6.75. The highest BCUT2D eigenvalue weighted by molar-refractivity contribution is 6.36. The van der Waals surface area contributed by atoms with Crippen molar-refractivity contribution in [2.45, 2.75) is 6.92 Å². The van der Waals surface area contributed by atoms with Crippen LogP contribution in [0.15, 0.2) is 0 Å². The highest BCUT2D eigenvalue weighted by atomic mass is 28.3. The Morgan fingerprint density at radius 3 is 1.30 bits per heavy atom. The first kappa shape index (κ1) is 12.3. The van der Waals surface area contributed by atoms with Gasteiger partial charge in [0.1, 0.15) is 0 Å². The summed E-state index contributed by atoms with van der Waals surface area (Å²) >= 11 is 0. The Labute approximate surface area is 63.3 Å². The summed E-state index contributed by atoms with van der Waals surface area (Å²) in [5, 5.41) is 7.32. The van der Waals surface area contributed by atoms with Gasteiger partial charge in [-0.1, -0.05) is 0 Å². The van der Waals surface area contributed by atoms with E-state index in [9.17, 15) is 0 Å². The molecule has 0 aliphatic carbocycles. The van der Waals surface area contributed by atoms with Crippen molar-refractivity contribution >= 4 is 9.53 Å². The van der Waals surface area contributed by atoms with Crippen LogP contribution in [0.4, 0.5) is 0 Å². The lowest BCUT2D eigenvalue weighted by Gasteiger charge is -2.05. The van der Waals surface area contributed by atoms with Crippen LogP contribution < -0.4 is 0 Å². The molecule has 0 N–H and O–H groups in total. The molecule has 5 heteroatoms. The molecule has 0 unspecified atom stereocenters. The molecule has 10 heavy (non-hydrogen) atoms. The second-order valence-electron chi connectivity index (χ2n) is 1.22. The maximum absolute atomic E-state index is 7.32. The van der Waals surface area contributed by atoms with Crippen molar-refractivity contribution in [1.82, 2.24) is 0 Å². The average Bonchev–Trinajstić information content (AvgIpc) is 1.93. The lowest BCUT2D eigenvalue weighted by Crippen LogP contribution is -2.21. The average molecular weight is 163 g/mol. The standard InChI is InChI=1S/C3H10O3Si.C2H3N/c1-4-7(5-2)6-3;1-2-3/h7H,1-3H3;1H3. The first-order valence-corrected chi connectivity index (χ1v) is 4.07. The summed E-state index contributed by atoms with van der Waals surface area (Å²) in [6, 6.07) is 1.75. The Morgan fingerprint density at radius 1 is 1.10 bits per heavy atom. The van der Waals surface area contributed by atoms with E-state index in [1.54, 1.807) is 27.4 Å². The molecule has 0 rings (SSSR count). The lowest BCUT2D eigenvalue weighted by atomic mass is 11.0. The number of nitrogens with zero attached hydrogens (tertiary/aromatic N) is 1. The number of hydrogen-bond acceptors (Lipinski definition) is 4. The minimum atomic E-state index is -1.67. The van der Waals surface area contributed by atoms with Crippen molar-refractivity contribution in [3.63, 3.8) is 0 Å². The Morgan fingerprint density at radius 2 is 1.30 bits per heavy atom. The molecule has 0 heterocycles. The fourth-order valence-corrected chi connectivity index (χ4v) is 0.866. The molecule has 0 saturated carbocycles.